The lowest BCUT2D eigenvalue weighted by molar-refractivity contribution is 0.171. The van der Waals surface area contributed by atoms with E-state index < -0.39 is 0 Å². The highest BCUT2D eigenvalue weighted by Gasteiger charge is 2.22. The topological polar surface area (TPSA) is 3.24 Å². The Morgan fingerprint density at radius 2 is 1.76 bits per heavy atom. The molecule has 0 unspecified atom stereocenters. The summed E-state index contributed by atoms with van der Waals surface area (Å²) in [6, 6.07) is 7.64. The predicted molar refractivity (Wildman–Crippen MR) is 74.6 cm³/mol. The minimum Gasteiger partial charge on any atom is -0.301 e. The van der Waals surface area contributed by atoms with Crippen LogP contribution >= 0.6 is 0 Å². The van der Waals surface area contributed by atoms with E-state index in [4.69, 9.17) is 0 Å². The largest absolute Gasteiger partial charge is 0.301 e. The van der Waals surface area contributed by atoms with Gasteiger partial charge in [0.25, 0.3) is 0 Å². The zero-order chi connectivity index (χ0) is 12.4. The van der Waals surface area contributed by atoms with Gasteiger partial charge in [0.1, 0.15) is 0 Å². The molecule has 1 saturated heterocycles. The summed E-state index contributed by atoms with van der Waals surface area (Å²) in [7, 11) is 0. The molecule has 2 rings (SSSR count). The van der Waals surface area contributed by atoms with Crippen molar-refractivity contribution in [2.45, 2.75) is 52.5 Å². The lowest BCUT2D eigenvalue weighted by Gasteiger charge is -2.35. The molecule has 0 radical (unpaired) electrons. The van der Waals surface area contributed by atoms with Crippen LogP contribution in [-0.2, 0) is 0 Å². The van der Waals surface area contributed by atoms with E-state index in [0.717, 1.165) is 5.92 Å². The van der Waals surface area contributed by atoms with Crippen LogP contribution in [0.4, 0.5) is 0 Å². The molecule has 1 heteroatoms. The molecule has 0 saturated carbocycles. The Balaban J connectivity index is 2.05. The molecular weight excluding hydrogens is 206 g/mol. The van der Waals surface area contributed by atoms with E-state index in [1.54, 1.807) is 5.56 Å². The van der Waals surface area contributed by atoms with Crippen LogP contribution in [0.3, 0.4) is 0 Å². The van der Waals surface area contributed by atoms with Crippen molar-refractivity contribution < 1.29 is 0 Å². The molecule has 0 aromatic heterocycles. The van der Waals surface area contributed by atoms with Gasteiger partial charge in [0.05, 0.1) is 0 Å². The Morgan fingerprint density at radius 3 is 2.29 bits per heavy atom. The van der Waals surface area contributed by atoms with Crippen LogP contribution in [0.15, 0.2) is 18.2 Å². The van der Waals surface area contributed by atoms with Gasteiger partial charge in [-0.05, 0) is 70.7 Å². The van der Waals surface area contributed by atoms with Gasteiger partial charge in [-0.3, -0.25) is 0 Å². The minimum atomic E-state index is 0.704. The van der Waals surface area contributed by atoms with Crippen LogP contribution in [0.2, 0.25) is 0 Å². The number of likely N-dealkylation sites (tertiary alicyclic amines) is 1. The van der Waals surface area contributed by atoms with Crippen LogP contribution < -0.4 is 0 Å². The summed E-state index contributed by atoms with van der Waals surface area (Å²) >= 11 is 0. The normalized spacial score (nSPS) is 18.9. The van der Waals surface area contributed by atoms with E-state index in [9.17, 15) is 0 Å². The maximum absolute atomic E-state index is 2.60. The van der Waals surface area contributed by atoms with Crippen LogP contribution in [0, 0.1) is 13.8 Å². The molecular formula is C16H25N. The number of nitrogens with zero attached hydrogens (tertiary/aromatic N) is 1. The minimum absolute atomic E-state index is 0.704. The average Bonchev–Trinajstić information content (AvgIpc) is 2.29. The second-order valence-corrected chi connectivity index (χ2v) is 5.76. The van der Waals surface area contributed by atoms with E-state index >= 15 is 0 Å². The van der Waals surface area contributed by atoms with Gasteiger partial charge in [0.15, 0.2) is 0 Å². The van der Waals surface area contributed by atoms with Gasteiger partial charge in [0, 0.05) is 6.04 Å². The van der Waals surface area contributed by atoms with Crippen molar-refractivity contribution in [2.75, 3.05) is 13.1 Å². The summed E-state index contributed by atoms with van der Waals surface area (Å²) in [6.45, 7) is 11.6. The Bertz CT molecular complexity index is 373. The molecule has 0 bridgehead atoms. The van der Waals surface area contributed by atoms with E-state index in [2.05, 4.69) is 50.8 Å². The Labute approximate surface area is 106 Å². The third-order valence-corrected chi connectivity index (χ3v) is 4.12. The van der Waals surface area contributed by atoms with E-state index in [1.807, 2.05) is 0 Å². The first kappa shape index (κ1) is 12.6. The summed E-state index contributed by atoms with van der Waals surface area (Å²) in [5, 5.41) is 0. The van der Waals surface area contributed by atoms with Crippen LogP contribution in [0.25, 0.3) is 0 Å². The highest BCUT2D eigenvalue weighted by Crippen LogP contribution is 2.31. The third kappa shape index (κ3) is 2.90. The zero-order valence-corrected chi connectivity index (χ0v) is 11.7. The summed E-state index contributed by atoms with van der Waals surface area (Å²) in [5.41, 5.74) is 4.44. The number of hydrogen-bond donors (Lipinski definition) is 0. The average molecular weight is 231 g/mol. The highest BCUT2D eigenvalue weighted by molar-refractivity contribution is 5.33. The summed E-state index contributed by atoms with van der Waals surface area (Å²) < 4.78 is 0. The number of benzene rings is 1. The SMILES string of the molecule is Cc1ccc(C2CCN(C(C)C)CC2)c(C)c1. The molecule has 0 amide bonds. The molecule has 1 heterocycles. The molecule has 0 aliphatic carbocycles. The second kappa shape index (κ2) is 5.22. The van der Waals surface area contributed by atoms with Crippen molar-refractivity contribution in [1.29, 1.82) is 0 Å². The standard InChI is InChI=1S/C16H25N/c1-12(2)17-9-7-15(8-10-17)16-6-5-13(3)11-14(16)4/h5-6,11-12,15H,7-10H2,1-4H3. The molecule has 1 fully saturated rings. The molecule has 0 N–H and O–H groups in total. The smallest absolute Gasteiger partial charge is 0.00385 e. The van der Waals surface area contributed by atoms with Gasteiger partial charge in [-0.15, -0.1) is 0 Å². The predicted octanol–water partition coefficient (Wildman–Crippen LogP) is 3.89. The fourth-order valence-electron chi connectivity index (χ4n) is 3.01. The van der Waals surface area contributed by atoms with Crippen LogP contribution in [0.5, 0.6) is 0 Å². The molecule has 94 valence electrons. The van der Waals surface area contributed by atoms with Gasteiger partial charge in [-0.2, -0.15) is 0 Å². The van der Waals surface area contributed by atoms with Crippen molar-refractivity contribution in [3.63, 3.8) is 0 Å². The van der Waals surface area contributed by atoms with Gasteiger partial charge in [-0.25, -0.2) is 0 Å². The molecule has 1 aliphatic rings. The van der Waals surface area contributed by atoms with Crippen molar-refractivity contribution in [3.8, 4) is 0 Å². The maximum Gasteiger partial charge on any atom is 0.00385 e. The molecule has 1 aromatic carbocycles. The van der Waals surface area contributed by atoms with Crippen molar-refractivity contribution in [1.82, 2.24) is 4.90 Å². The highest BCUT2D eigenvalue weighted by atomic mass is 15.1. The maximum atomic E-state index is 2.60. The van der Waals surface area contributed by atoms with E-state index in [-0.39, 0.29) is 0 Å². The van der Waals surface area contributed by atoms with Gasteiger partial charge in [-0.1, -0.05) is 23.8 Å². The fourth-order valence-corrected chi connectivity index (χ4v) is 3.01. The fraction of sp³-hybridized carbons (Fsp3) is 0.625. The Morgan fingerprint density at radius 1 is 1.12 bits per heavy atom. The van der Waals surface area contributed by atoms with Crippen molar-refractivity contribution in [2.24, 2.45) is 0 Å². The van der Waals surface area contributed by atoms with E-state index in [1.165, 1.54) is 37.1 Å². The van der Waals surface area contributed by atoms with Crippen molar-refractivity contribution in [3.05, 3.63) is 34.9 Å². The first-order chi connectivity index (χ1) is 8.08. The number of hydrogen-bond acceptors (Lipinski definition) is 1. The Hall–Kier alpha value is -0.820. The van der Waals surface area contributed by atoms with E-state index in [0.29, 0.717) is 6.04 Å². The molecule has 0 spiro atoms. The van der Waals surface area contributed by atoms with Crippen LogP contribution in [0.1, 0.15) is 49.3 Å². The lowest BCUT2D eigenvalue weighted by atomic mass is 9.86. The third-order valence-electron chi connectivity index (χ3n) is 4.12. The first-order valence-corrected chi connectivity index (χ1v) is 6.89. The molecule has 17 heavy (non-hydrogen) atoms. The number of rotatable bonds is 2. The summed E-state index contributed by atoms with van der Waals surface area (Å²) in [4.78, 5) is 2.60. The van der Waals surface area contributed by atoms with Gasteiger partial charge >= 0.3 is 0 Å². The van der Waals surface area contributed by atoms with Gasteiger partial charge < -0.3 is 4.90 Å². The quantitative estimate of drug-likeness (QED) is 0.746. The van der Waals surface area contributed by atoms with Crippen LogP contribution in [-0.4, -0.2) is 24.0 Å². The monoisotopic (exact) mass is 231 g/mol. The first-order valence-electron chi connectivity index (χ1n) is 6.89. The number of aryl methyl sites for hydroxylation is 2. The number of piperidine rings is 1. The molecule has 1 aliphatic heterocycles. The summed E-state index contributed by atoms with van der Waals surface area (Å²) in [6.07, 6.45) is 2.64. The lowest BCUT2D eigenvalue weighted by Crippen LogP contribution is -2.37. The Kier molecular flexibility index (Phi) is 3.88. The molecule has 0 atom stereocenters. The summed E-state index contributed by atoms with van der Waals surface area (Å²) in [5.74, 6) is 0.783. The zero-order valence-electron chi connectivity index (χ0n) is 11.7. The molecule has 1 aromatic rings. The molecule has 1 nitrogen and oxygen atoms in total. The second-order valence-electron chi connectivity index (χ2n) is 5.76. The van der Waals surface area contributed by atoms with Gasteiger partial charge in [0.2, 0.25) is 0 Å². The van der Waals surface area contributed by atoms with Crippen molar-refractivity contribution >= 4 is 0 Å².